The highest BCUT2D eigenvalue weighted by Crippen LogP contribution is 2.33. The van der Waals surface area contributed by atoms with Crippen LogP contribution in [0.1, 0.15) is 37.7 Å². The third-order valence-corrected chi connectivity index (χ3v) is 7.47. The Hall–Kier alpha value is -3.50. The Morgan fingerprint density at radius 2 is 1.89 bits per heavy atom. The molecule has 2 aliphatic heterocycles. The Kier molecular flexibility index (Phi) is 6.08. The van der Waals surface area contributed by atoms with Gasteiger partial charge in [0, 0.05) is 55.2 Å². The molecule has 4 aromatic rings. The Morgan fingerprint density at radius 1 is 1.08 bits per heavy atom. The number of benzene rings is 1. The zero-order chi connectivity index (χ0) is 25.7. The van der Waals surface area contributed by atoms with Crippen molar-refractivity contribution in [3.63, 3.8) is 0 Å². The standard InChI is InChI=1S/C27H30F2N8/c1-15(2)37-16(3)34-26-21(28)6-19(7-23(26)37)20-8-25(31-11-22(20)29)35-27-32-9-17(10-33-27)13-36-14-18-4-5-30-12-24(18)36/h6-11,15,18,24,30H,4-5,12-14H2,1-3H3,(H,31,32,33,35)/t18-,24?/m0/s1. The van der Waals surface area contributed by atoms with Crippen molar-refractivity contribution >= 4 is 22.8 Å². The van der Waals surface area contributed by atoms with Gasteiger partial charge in [0.25, 0.3) is 0 Å². The fourth-order valence-electron chi connectivity index (χ4n) is 5.67. The molecule has 2 aliphatic rings. The number of imidazole rings is 1. The molecule has 37 heavy (non-hydrogen) atoms. The summed E-state index contributed by atoms with van der Waals surface area (Å²) < 4.78 is 31.8. The average Bonchev–Trinajstić information content (AvgIpc) is 3.21. The van der Waals surface area contributed by atoms with Crippen LogP contribution in [0.5, 0.6) is 0 Å². The minimum absolute atomic E-state index is 0.0844. The molecule has 8 nitrogen and oxygen atoms in total. The van der Waals surface area contributed by atoms with Crippen LogP contribution in [-0.2, 0) is 6.54 Å². The van der Waals surface area contributed by atoms with Crippen molar-refractivity contribution in [1.82, 2.24) is 34.7 Å². The number of hydrogen-bond donors (Lipinski definition) is 2. The van der Waals surface area contributed by atoms with E-state index < -0.39 is 11.6 Å². The Balaban J connectivity index is 1.22. The highest BCUT2D eigenvalue weighted by Gasteiger charge is 2.39. The lowest BCUT2D eigenvalue weighted by Crippen LogP contribution is -2.62. The van der Waals surface area contributed by atoms with E-state index in [1.165, 1.54) is 12.5 Å². The second-order valence-corrected chi connectivity index (χ2v) is 10.3. The molecule has 0 spiro atoms. The molecular formula is C27H30F2N8. The van der Waals surface area contributed by atoms with E-state index in [9.17, 15) is 8.78 Å². The van der Waals surface area contributed by atoms with E-state index in [0.29, 0.717) is 34.7 Å². The zero-order valence-corrected chi connectivity index (χ0v) is 21.2. The first-order valence-electron chi connectivity index (χ1n) is 12.7. The summed E-state index contributed by atoms with van der Waals surface area (Å²) in [4.78, 5) is 19.8. The maximum Gasteiger partial charge on any atom is 0.228 e. The predicted molar refractivity (Wildman–Crippen MR) is 138 cm³/mol. The average molecular weight is 505 g/mol. The van der Waals surface area contributed by atoms with Crippen LogP contribution >= 0.6 is 0 Å². The lowest BCUT2D eigenvalue weighted by Gasteiger charge is -2.51. The first-order chi connectivity index (χ1) is 17.9. The molecule has 2 fully saturated rings. The van der Waals surface area contributed by atoms with Crippen LogP contribution in [0, 0.1) is 24.5 Å². The van der Waals surface area contributed by atoms with E-state index in [1.54, 1.807) is 12.1 Å². The molecule has 0 radical (unpaired) electrons. The SMILES string of the molecule is Cc1nc2c(F)cc(-c3cc(Nc4ncc(CN5C[C@@H]6CCNCC65)cn4)ncc3F)cc2n1C(C)C. The van der Waals surface area contributed by atoms with Crippen LogP contribution in [0.25, 0.3) is 22.2 Å². The van der Waals surface area contributed by atoms with Gasteiger partial charge < -0.3 is 15.2 Å². The quantitative estimate of drug-likeness (QED) is 0.397. The van der Waals surface area contributed by atoms with Crippen molar-refractivity contribution in [3.8, 4) is 11.1 Å². The number of likely N-dealkylation sites (tertiary alicyclic amines) is 1. The second-order valence-electron chi connectivity index (χ2n) is 10.3. The summed E-state index contributed by atoms with van der Waals surface area (Å²) in [7, 11) is 0. The molecule has 0 saturated carbocycles. The van der Waals surface area contributed by atoms with Crippen LogP contribution < -0.4 is 10.6 Å². The number of aryl methyl sites for hydroxylation is 1. The number of rotatable bonds is 6. The largest absolute Gasteiger partial charge is 0.326 e. The van der Waals surface area contributed by atoms with E-state index in [-0.39, 0.29) is 17.1 Å². The number of piperidine rings is 1. The number of anilines is 2. The van der Waals surface area contributed by atoms with Crippen molar-refractivity contribution in [1.29, 1.82) is 0 Å². The van der Waals surface area contributed by atoms with E-state index in [2.05, 4.69) is 35.5 Å². The highest BCUT2D eigenvalue weighted by molar-refractivity contribution is 5.84. The third kappa shape index (κ3) is 4.44. The maximum atomic E-state index is 15.0. The van der Waals surface area contributed by atoms with Gasteiger partial charge in [-0.1, -0.05) is 0 Å². The first-order valence-corrected chi connectivity index (χ1v) is 12.7. The van der Waals surface area contributed by atoms with Gasteiger partial charge in [-0.05, 0) is 63.4 Å². The fraction of sp³-hybridized carbons (Fsp3) is 0.407. The van der Waals surface area contributed by atoms with Gasteiger partial charge in [0.05, 0.1) is 11.7 Å². The Bertz CT molecular complexity index is 1450. The number of halogens is 2. The fourth-order valence-corrected chi connectivity index (χ4v) is 5.67. The van der Waals surface area contributed by atoms with Crippen LogP contribution in [0.3, 0.4) is 0 Å². The molecule has 2 atom stereocenters. The summed E-state index contributed by atoms with van der Waals surface area (Å²) in [6.45, 7) is 9.95. The summed E-state index contributed by atoms with van der Waals surface area (Å²) in [6.07, 6.45) is 5.98. The highest BCUT2D eigenvalue weighted by atomic mass is 19.1. The maximum absolute atomic E-state index is 15.0. The summed E-state index contributed by atoms with van der Waals surface area (Å²) in [6, 6.07) is 5.32. The lowest BCUT2D eigenvalue weighted by atomic mass is 9.83. The topological polar surface area (TPSA) is 83.8 Å². The number of nitrogens with zero attached hydrogens (tertiary/aromatic N) is 6. The van der Waals surface area contributed by atoms with Crippen molar-refractivity contribution in [2.24, 2.45) is 5.92 Å². The van der Waals surface area contributed by atoms with Crippen LogP contribution in [0.4, 0.5) is 20.5 Å². The lowest BCUT2D eigenvalue weighted by molar-refractivity contribution is -0.0115. The van der Waals surface area contributed by atoms with E-state index >= 15 is 0 Å². The number of nitrogens with one attached hydrogen (secondary N) is 2. The van der Waals surface area contributed by atoms with Crippen LogP contribution in [0.2, 0.25) is 0 Å². The monoisotopic (exact) mass is 504 g/mol. The molecular weight excluding hydrogens is 474 g/mol. The van der Waals surface area contributed by atoms with E-state index in [1.807, 2.05) is 37.7 Å². The van der Waals surface area contributed by atoms with Gasteiger partial charge in [-0.25, -0.2) is 28.7 Å². The number of hydrogen-bond acceptors (Lipinski definition) is 7. The number of pyridine rings is 1. The van der Waals surface area contributed by atoms with Crippen molar-refractivity contribution in [2.75, 3.05) is 25.0 Å². The van der Waals surface area contributed by atoms with Crippen molar-refractivity contribution in [3.05, 3.63) is 59.8 Å². The van der Waals surface area contributed by atoms with E-state index in [4.69, 9.17) is 0 Å². The molecule has 10 heteroatoms. The molecule has 2 N–H and O–H groups in total. The Morgan fingerprint density at radius 3 is 2.65 bits per heavy atom. The number of fused-ring (bicyclic) bond motifs is 2. The molecule has 0 amide bonds. The normalized spacial score (nSPS) is 19.7. The smallest absolute Gasteiger partial charge is 0.228 e. The Labute approximate surface area is 214 Å². The molecule has 1 aromatic carbocycles. The van der Waals surface area contributed by atoms with Gasteiger partial charge >= 0.3 is 0 Å². The van der Waals surface area contributed by atoms with Gasteiger partial charge in [-0.15, -0.1) is 0 Å². The van der Waals surface area contributed by atoms with Gasteiger partial charge in [0.2, 0.25) is 5.95 Å². The molecule has 0 bridgehead atoms. The van der Waals surface area contributed by atoms with E-state index in [0.717, 1.165) is 43.9 Å². The molecule has 2 saturated heterocycles. The molecule has 192 valence electrons. The van der Waals surface area contributed by atoms with Crippen molar-refractivity contribution in [2.45, 2.75) is 45.8 Å². The minimum atomic E-state index is -0.544. The third-order valence-electron chi connectivity index (χ3n) is 7.47. The van der Waals surface area contributed by atoms with Gasteiger partial charge in [0.15, 0.2) is 5.82 Å². The van der Waals surface area contributed by atoms with Gasteiger partial charge in [0.1, 0.15) is 23.0 Å². The summed E-state index contributed by atoms with van der Waals surface area (Å²) >= 11 is 0. The zero-order valence-electron chi connectivity index (χ0n) is 21.2. The summed E-state index contributed by atoms with van der Waals surface area (Å²) in [5, 5.41) is 6.51. The van der Waals surface area contributed by atoms with Crippen LogP contribution in [-0.4, -0.2) is 55.1 Å². The predicted octanol–water partition coefficient (Wildman–Crippen LogP) is 4.59. The van der Waals surface area contributed by atoms with Gasteiger partial charge in [-0.3, -0.25) is 4.90 Å². The number of aromatic nitrogens is 5. The molecule has 1 unspecified atom stereocenters. The van der Waals surface area contributed by atoms with Crippen molar-refractivity contribution < 1.29 is 8.78 Å². The molecule has 0 aliphatic carbocycles. The molecule has 5 heterocycles. The molecule has 6 rings (SSSR count). The summed E-state index contributed by atoms with van der Waals surface area (Å²) in [5.41, 5.74) is 2.60. The first kappa shape index (κ1) is 23.9. The van der Waals surface area contributed by atoms with Gasteiger partial charge in [-0.2, -0.15) is 0 Å². The molecule has 3 aromatic heterocycles. The second kappa shape index (κ2) is 9.42. The minimum Gasteiger partial charge on any atom is -0.326 e. The van der Waals surface area contributed by atoms with Crippen LogP contribution in [0.15, 0.2) is 36.8 Å². The summed E-state index contributed by atoms with van der Waals surface area (Å²) in [5.74, 6) is 1.21.